The Hall–Kier alpha value is -1.74. The second-order valence-electron chi connectivity index (χ2n) is 4.31. The number of aliphatic carboxylic acids is 1. The highest BCUT2D eigenvalue weighted by atomic mass is 16.5. The molecule has 0 rings (SSSR count). The van der Waals surface area contributed by atoms with E-state index in [0.29, 0.717) is 13.2 Å². The van der Waals surface area contributed by atoms with E-state index in [1.54, 1.807) is 0 Å². The summed E-state index contributed by atoms with van der Waals surface area (Å²) in [6.45, 7) is 4.63. The standard InChI is InChI=1S/C13H22N2O4/c1-4-8-15(10-12(16)17)13(18)14-7-5-6-9-19-11(2)3/h1,11H,5-10H2,2-3H3,(H,14,18)(H,16,17). The quantitative estimate of drug-likeness (QED) is 0.482. The van der Waals surface area contributed by atoms with Crippen molar-refractivity contribution in [3.63, 3.8) is 0 Å². The number of hydrogen-bond donors (Lipinski definition) is 2. The molecule has 0 bridgehead atoms. The largest absolute Gasteiger partial charge is 0.480 e. The number of hydrogen-bond acceptors (Lipinski definition) is 3. The maximum atomic E-state index is 11.6. The van der Waals surface area contributed by atoms with E-state index in [-0.39, 0.29) is 12.6 Å². The predicted octanol–water partition coefficient (Wildman–Crippen LogP) is 0.921. The molecule has 2 N–H and O–H groups in total. The molecule has 0 aromatic heterocycles. The van der Waals surface area contributed by atoms with E-state index in [9.17, 15) is 9.59 Å². The number of rotatable bonds is 9. The zero-order chi connectivity index (χ0) is 14.7. The van der Waals surface area contributed by atoms with Crippen LogP contribution in [0, 0.1) is 12.3 Å². The number of carboxylic acids is 1. The molecule has 0 aliphatic rings. The van der Waals surface area contributed by atoms with Crippen molar-refractivity contribution in [2.75, 3.05) is 26.2 Å². The lowest BCUT2D eigenvalue weighted by molar-refractivity contribution is -0.137. The van der Waals surface area contributed by atoms with E-state index in [4.69, 9.17) is 16.3 Å². The van der Waals surface area contributed by atoms with Crippen molar-refractivity contribution < 1.29 is 19.4 Å². The molecule has 0 saturated heterocycles. The summed E-state index contributed by atoms with van der Waals surface area (Å²) >= 11 is 0. The number of ether oxygens (including phenoxy) is 1. The van der Waals surface area contributed by atoms with Crippen molar-refractivity contribution in [3.8, 4) is 12.3 Å². The zero-order valence-electron chi connectivity index (χ0n) is 11.5. The van der Waals surface area contributed by atoms with Gasteiger partial charge in [0.15, 0.2) is 0 Å². The lowest BCUT2D eigenvalue weighted by Crippen LogP contribution is -2.43. The number of amides is 2. The lowest BCUT2D eigenvalue weighted by atomic mass is 10.3. The number of nitrogens with one attached hydrogen (secondary N) is 1. The molecule has 0 fully saturated rings. The summed E-state index contributed by atoms with van der Waals surface area (Å²) in [5.41, 5.74) is 0. The number of carbonyl (C=O) groups is 2. The molecular weight excluding hydrogens is 248 g/mol. The molecule has 108 valence electrons. The molecule has 0 saturated carbocycles. The van der Waals surface area contributed by atoms with Gasteiger partial charge in [0.05, 0.1) is 12.6 Å². The summed E-state index contributed by atoms with van der Waals surface area (Å²) in [7, 11) is 0. The Balaban J connectivity index is 3.81. The Morgan fingerprint density at radius 2 is 2.11 bits per heavy atom. The van der Waals surface area contributed by atoms with Gasteiger partial charge in [-0.15, -0.1) is 6.42 Å². The van der Waals surface area contributed by atoms with E-state index in [1.165, 1.54) is 0 Å². The van der Waals surface area contributed by atoms with Gasteiger partial charge in [0.1, 0.15) is 6.54 Å². The van der Waals surface area contributed by atoms with Crippen LogP contribution in [-0.4, -0.2) is 54.4 Å². The minimum atomic E-state index is -1.09. The topological polar surface area (TPSA) is 78.9 Å². The fourth-order valence-corrected chi connectivity index (χ4v) is 1.33. The Morgan fingerprint density at radius 1 is 1.42 bits per heavy atom. The van der Waals surface area contributed by atoms with E-state index in [0.717, 1.165) is 17.7 Å². The summed E-state index contributed by atoms with van der Waals surface area (Å²) in [4.78, 5) is 23.3. The number of urea groups is 1. The van der Waals surface area contributed by atoms with Crippen molar-refractivity contribution in [1.29, 1.82) is 0 Å². The molecule has 0 unspecified atom stereocenters. The molecule has 0 heterocycles. The van der Waals surface area contributed by atoms with Crippen LogP contribution in [0.2, 0.25) is 0 Å². The van der Waals surface area contributed by atoms with E-state index in [1.807, 2.05) is 13.8 Å². The van der Waals surface area contributed by atoms with Crippen LogP contribution in [0.1, 0.15) is 26.7 Å². The van der Waals surface area contributed by atoms with Crippen LogP contribution in [0.3, 0.4) is 0 Å². The predicted molar refractivity (Wildman–Crippen MR) is 71.8 cm³/mol. The van der Waals surface area contributed by atoms with Gasteiger partial charge in [0.2, 0.25) is 0 Å². The summed E-state index contributed by atoms with van der Waals surface area (Å²) in [6.07, 6.45) is 6.90. The van der Waals surface area contributed by atoms with Gasteiger partial charge in [0, 0.05) is 13.2 Å². The Morgan fingerprint density at radius 3 is 2.63 bits per heavy atom. The smallest absolute Gasteiger partial charge is 0.323 e. The molecule has 0 aromatic rings. The molecule has 0 radical (unpaired) electrons. The molecule has 6 heteroatoms. The summed E-state index contributed by atoms with van der Waals surface area (Å²) in [6, 6.07) is -0.454. The summed E-state index contributed by atoms with van der Waals surface area (Å²) in [5.74, 6) is 1.17. The third-order valence-corrected chi connectivity index (χ3v) is 2.19. The monoisotopic (exact) mass is 270 g/mol. The highest BCUT2D eigenvalue weighted by Gasteiger charge is 2.14. The fraction of sp³-hybridized carbons (Fsp3) is 0.692. The first kappa shape index (κ1) is 17.3. The Kier molecular flexibility index (Phi) is 9.27. The van der Waals surface area contributed by atoms with Gasteiger partial charge in [-0.2, -0.15) is 0 Å². The van der Waals surface area contributed by atoms with Gasteiger partial charge in [-0.1, -0.05) is 5.92 Å². The van der Waals surface area contributed by atoms with Crippen molar-refractivity contribution in [3.05, 3.63) is 0 Å². The number of carbonyl (C=O) groups excluding carboxylic acids is 1. The highest BCUT2D eigenvalue weighted by Crippen LogP contribution is 1.94. The van der Waals surface area contributed by atoms with Crippen LogP contribution < -0.4 is 5.32 Å². The van der Waals surface area contributed by atoms with Gasteiger partial charge in [-0.3, -0.25) is 4.79 Å². The first-order chi connectivity index (χ1) is 8.97. The fourth-order valence-electron chi connectivity index (χ4n) is 1.33. The van der Waals surface area contributed by atoms with E-state index in [2.05, 4.69) is 11.2 Å². The van der Waals surface area contributed by atoms with Crippen LogP contribution in [0.15, 0.2) is 0 Å². The van der Waals surface area contributed by atoms with Crippen LogP contribution in [0.5, 0.6) is 0 Å². The normalized spacial score (nSPS) is 10.0. The first-order valence-corrected chi connectivity index (χ1v) is 6.27. The van der Waals surface area contributed by atoms with Crippen molar-refractivity contribution >= 4 is 12.0 Å². The number of unbranched alkanes of at least 4 members (excludes halogenated alkanes) is 1. The third kappa shape index (κ3) is 9.92. The van der Waals surface area contributed by atoms with Crippen LogP contribution in [0.4, 0.5) is 4.79 Å². The lowest BCUT2D eigenvalue weighted by Gasteiger charge is -2.18. The molecular formula is C13H22N2O4. The van der Waals surface area contributed by atoms with Crippen molar-refractivity contribution in [1.82, 2.24) is 10.2 Å². The second kappa shape index (κ2) is 10.2. The van der Waals surface area contributed by atoms with Crippen molar-refractivity contribution in [2.24, 2.45) is 0 Å². The van der Waals surface area contributed by atoms with Gasteiger partial charge >= 0.3 is 12.0 Å². The Bertz CT molecular complexity index is 323. The van der Waals surface area contributed by atoms with Crippen LogP contribution >= 0.6 is 0 Å². The highest BCUT2D eigenvalue weighted by molar-refractivity contribution is 5.80. The SMILES string of the molecule is C#CCN(CC(=O)O)C(=O)NCCCCOC(C)C. The van der Waals surface area contributed by atoms with E-state index < -0.39 is 18.5 Å². The van der Waals surface area contributed by atoms with Gasteiger partial charge in [0.25, 0.3) is 0 Å². The first-order valence-electron chi connectivity index (χ1n) is 6.27. The molecule has 6 nitrogen and oxygen atoms in total. The van der Waals surface area contributed by atoms with Crippen molar-refractivity contribution in [2.45, 2.75) is 32.8 Å². The average Bonchev–Trinajstić information content (AvgIpc) is 2.31. The van der Waals surface area contributed by atoms with Gasteiger partial charge in [-0.05, 0) is 26.7 Å². The number of carboxylic acid groups (broad SMARTS) is 1. The van der Waals surface area contributed by atoms with Gasteiger partial charge < -0.3 is 20.1 Å². The molecule has 0 aliphatic heterocycles. The Labute approximate surface area is 114 Å². The summed E-state index contributed by atoms with van der Waals surface area (Å²) in [5, 5.41) is 11.3. The average molecular weight is 270 g/mol. The molecule has 0 aliphatic carbocycles. The van der Waals surface area contributed by atoms with Gasteiger partial charge in [-0.25, -0.2) is 4.79 Å². The number of nitrogens with zero attached hydrogens (tertiary/aromatic N) is 1. The zero-order valence-corrected chi connectivity index (χ0v) is 11.5. The van der Waals surface area contributed by atoms with Crippen LogP contribution in [-0.2, 0) is 9.53 Å². The minimum Gasteiger partial charge on any atom is -0.480 e. The molecule has 0 atom stereocenters. The molecule has 0 aromatic carbocycles. The number of terminal acetylenes is 1. The minimum absolute atomic E-state index is 0.0193. The molecule has 0 spiro atoms. The summed E-state index contributed by atoms with van der Waals surface area (Å²) < 4.78 is 5.36. The molecule has 2 amide bonds. The molecule has 19 heavy (non-hydrogen) atoms. The van der Waals surface area contributed by atoms with E-state index >= 15 is 0 Å². The maximum Gasteiger partial charge on any atom is 0.323 e. The third-order valence-electron chi connectivity index (χ3n) is 2.19. The van der Waals surface area contributed by atoms with Crippen LogP contribution in [0.25, 0.3) is 0 Å². The maximum absolute atomic E-state index is 11.6. The second-order valence-corrected chi connectivity index (χ2v) is 4.31.